The Labute approximate surface area is 137 Å². The number of ether oxygens (including phenoxy) is 1. The van der Waals surface area contributed by atoms with Crippen molar-refractivity contribution in [2.45, 2.75) is 31.8 Å². The minimum atomic E-state index is -0.753. The molecule has 1 aromatic carbocycles. The van der Waals surface area contributed by atoms with E-state index in [1.54, 1.807) is 7.11 Å². The maximum atomic E-state index is 6.84. The zero-order valence-corrected chi connectivity index (χ0v) is 13.7. The predicted molar refractivity (Wildman–Crippen MR) is 83.8 cm³/mol. The Hall–Kier alpha value is -0.0800. The molecule has 0 heterocycles. The van der Waals surface area contributed by atoms with Gasteiger partial charge in [0.05, 0.1) is 22.2 Å². The van der Waals surface area contributed by atoms with E-state index >= 15 is 0 Å². The van der Waals surface area contributed by atoms with Crippen LogP contribution in [0, 0.1) is 0 Å². The molecule has 4 saturated carbocycles. The summed E-state index contributed by atoms with van der Waals surface area (Å²) in [5.74, 6) is 0.793. The van der Waals surface area contributed by atoms with E-state index in [1.165, 1.54) is 0 Å². The first kappa shape index (κ1) is 13.6. The maximum Gasteiger partial charge on any atom is 0.118 e. The van der Waals surface area contributed by atoms with Crippen LogP contribution in [0.4, 0.5) is 0 Å². The lowest BCUT2D eigenvalue weighted by molar-refractivity contribution is 0.414. The van der Waals surface area contributed by atoms with E-state index in [-0.39, 0.29) is 0 Å². The Balaban J connectivity index is 1.90. The molecule has 1 nitrogen and oxygen atoms in total. The summed E-state index contributed by atoms with van der Waals surface area (Å²) in [6.07, 6.45) is 0.633. The number of allylic oxidation sites excluding steroid dienone is 1. The molecular weight excluding hydrogens is 338 g/mol. The van der Waals surface area contributed by atoms with Crippen LogP contribution in [0.2, 0.25) is 0 Å². The maximum absolute atomic E-state index is 6.84. The number of rotatable bonds is 2. The van der Waals surface area contributed by atoms with Gasteiger partial charge in [0.2, 0.25) is 0 Å². The lowest BCUT2D eigenvalue weighted by Crippen LogP contribution is -2.28. The SMILES string of the molecule is C=C1C2(Cl)CC3(c4ccc(OC)cc4)C1(Cl)C3(Cl)C2Cl. The zero-order chi connectivity index (χ0) is 14.6. The third kappa shape index (κ3) is 0.965. The molecule has 0 aromatic heterocycles. The average Bonchev–Trinajstić information content (AvgIpc) is 2.60. The highest BCUT2D eigenvalue weighted by molar-refractivity contribution is 6.54. The van der Waals surface area contributed by atoms with Crippen molar-refractivity contribution < 1.29 is 4.74 Å². The fraction of sp³-hybridized carbons (Fsp3) is 0.467. The van der Waals surface area contributed by atoms with Crippen molar-refractivity contribution in [3.05, 3.63) is 42.0 Å². The smallest absolute Gasteiger partial charge is 0.118 e. The van der Waals surface area contributed by atoms with E-state index in [2.05, 4.69) is 6.58 Å². The van der Waals surface area contributed by atoms with Crippen molar-refractivity contribution in [1.29, 1.82) is 0 Å². The van der Waals surface area contributed by atoms with Gasteiger partial charge in [-0.1, -0.05) is 18.7 Å². The Morgan fingerprint density at radius 3 is 2.15 bits per heavy atom. The quantitative estimate of drug-likeness (QED) is 0.565. The number of hydrogen-bond donors (Lipinski definition) is 0. The fourth-order valence-electron chi connectivity index (χ4n) is 4.41. The first-order chi connectivity index (χ1) is 9.30. The van der Waals surface area contributed by atoms with Crippen LogP contribution in [0.5, 0.6) is 5.75 Å². The molecule has 0 N–H and O–H groups in total. The van der Waals surface area contributed by atoms with E-state index in [0.717, 1.165) is 16.9 Å². The fourth-order valence-corrected chi connectivity index (χ4v) is 7.14. The van der Waals surface area contributed by atoms with Gasteiger partial charge in [-0.3, -0.25) is 0 Å². The van der Waals surface area contributed by atoms with E-state index in [0.29, 0.717) is 6.42 Å². The van der Waals surface area contributed by atoms with Crippen LogP contribution >= 0.6 is 46.4 Å². The van der Waals surface area contributed by atoms with Crippen LogP contribution in [0.25, 0.3) is 0 Å². The summed E-state index contributed by atoms with van der Waals surface area (Å²) in [5, 5.41) is -0.412. The Morgan fingerprint density at radius 2 is 1.80 bits per heavy atom. The molecule has 4 bridgehead atoms. The summed E-state index contributed by atoms with van der Waals surface area (Å²) in [4.78, 5) is -2.20. The molecule has 4 aliphatic carbocycles. The molecule has 20 heavy (non-hydrogen) atoms. The van der Waals surface area contributed by atoms with Crippen molar-refractivity contribution >= 4 is 46.4 Å². The molecule has 5 atom stereocenters. The first-order valence-electron chi connectivity index (χ1n) is 6.36. The molecule has 106 valence electrons. The van der Waals surface area contributed by atoms with Crippen LogP contribution in [0.15, 0.2) is 36.4 Å². The molecule has 5 heteroatoms. The van der Waals surface area contributed by atoms with Crippen molar-refractivity contribution in [2.24, 2.45) is 0 Å². The number of halogens is 4. The highest BCUT2D eigenvalue weighted by Crippen LogP contribution is 2.93. The number of methoxy groups -OCH3 is 1. The third-order valence-corrected chi connectivity index (χ3v) is 8.69. The molecule has 4 aliphatic rings. The van der Waals surface area contributed by atoms with E-state index < -0.39 is 25.4 Å². The van der Waals surface area contributed by atoms with Crippen molar-refractivity contribution in [2.75, 3.05) is 7.11 Å². The molecule has 1 aromatic rings. The Kier molecular flexibility index (Phi) is 2.35. The largest absolute Gasteiger partial charge is 0.497 e. The van der Waals surface area contributed by atoms with Gasteiger partial charge in [-0.15, -0.1) is 46.4 Å². The molecule has 4 fully saturated rings. The first-order valence-corrected chi connectivity index (χ1v) is 7.93. The summed E-state index contributed by atoms with van der Waals surface area (Å²) in [7, 11) is 1.64. The van der Waals surface area contributed by atoms with Crippen LogP contribution < -0.4 is 4.74 Å². The van der Waals surface area contributed by atoms with Crippen molar-refractivity contribution in [3.8, 4) is 5.75 Å². The average molecular weight is 350 g/mol. The van der Waals surface area contributed by atoms with Gasteiger partial charge in [0, 0.05) is 5.41 Å². The summed E-state index contributed by atoms with van der Waals surface area (Å²) in [6, 6.07) is 7.79. The summed E-state index contributed by atoms with van der Waals surface area (Å²) >= 11 is 26.9. The van der Waals surface area contributed by atoms with Gasteiger partial charge in [0.15, 0.2) is 0 Å². The van der Waals surface area contributed by atoms with Crippen LogP contribution in [-0.4, -0.2) is 27.1 Å². The van der Waals surface area contributed by atoms with E-state index in [9.17, 15) is 0 Å². The lowest BCUT2D eigenvalue weighted by atomic mass is 9.93. The van der Waals surface area contributed by atoms with Gasteiger partial charge < -0.3 is 4.74 Å². The summed E-state index contributed by atoms with van der Waals surface area (Å²) in [6.45, 7) is 4.09. The zero-order valence-electron chi connectivity index (χ0n) is 10.7. The molecule has 0 saturated heterocycles. The summed E-state index contributed by atoms with van der Waals surface area (Å²) < 4.78 is 5.19. The molecule has 0 aliphatic heterocycles. The van der Waals surface area contributed by atoms with Crippen LogP contribution in [0.3, 0.4) is 0 Å². The van der Waals surface area contributed by atoms with Crippen LogP contribution in [0.1, 0.15) is 12.0 Å². The highest BCUT2D eigenvalue weighted by Gasteiger charge is 3.02. The topological polar surface area (TPSA) is 9.23 Å². The molecule has 5 rings (SSSR count). The number of alkyl halides is 4. The highest BCUT2D eigenvalue weighted by atomic mass is 35.5. The molecule has 0 spiro atoms. The second-order valence-corrected chi connectivity index (χ2v) is 8.16. The van der Waals surface area contributed by atoms with Gasteiger partial charge in [0.25, 0.3) is 0 Å². The van der Waals surface area contributed by atoms with Gasteiger partial charge in [0.1, 0.15) is 10.6 Å². The Bertz CT molecular complexity index is 644. The molecular formula is C15H12Cl4O. The van der Waals surface area contributed by atoms with Gasteiger partial charge in [-0.2, -0.15) is 0 Å². The monoisotopic (exact) mass is 348 g/mol. The van der Waals surface area contributed by atoms with E-state index in [1.807, 2.05) is 24.3 Å². The van der Waals surface area contributed by atoms with Gasteiger partial charge in [-0.05, 0) is 29.7 Å². The van der Waals surface area contributed by atoms with Crippen molar-refractivity contribution in [1.82, 2.24) is 0 Å². The predicted octanol–water partition coefficient (Wildman–Crippen LogP) is 4.46. The minimum absolute atomic E-state index is 0.412. The standard InChI is InChI=1S/C15H12Cl4O/c1-8-12(17)7-13(9-3-5-10(20-2)6-4-9)14(8,18)15(13,19)11(12)16/h3-6,11H,1,7H2,2H3. The minimum Gasteiger partial charge on any atom is -0.497 e. The third-order valence-electron chi connectivity index (χ3n) is 5.42. The normalized spacial score (nSPS) is 51.5. The molecule has 0 radical (unpaired) electrons. The second kappa shape index (κ2) is 3.46. The van der Waals surface area contributed by atoms with Gasteiger partial charge >= 0.3 is 0 Å². The van der Waals surface area contributed by atoms with E-state index in [4.69, 9.17) is 51.1 Å². The van der Waals surface area contributed by atoms with Gasteiger partial charge in [-0.25, -0.2) is 0 Å². The number of benzene rings is 1. The second-order valence-electron chi connectivity index (χ2n) is 5.88. The van der Waals surface area contributed by atoms with Crippen LogP contribution in [-0.2, 0) is 5.41 Å². The van der Waals surface area contributed by atoms with Crippen molar-refractivity contribution in [3.63, 3.8) is 0 Å². The lowest BCUT2D eigenvalue weighted by Gasteiger charge is -2.19. The number of hydrogen-bond acceptors (Lipinski definition) is 1. The Morgan fingerprint density at radius 1 is 1.20 bits per heavy atom. The summed E-state index contributed by atoms with van der Waals surface area (Å²) in [5.41, 5.74) is 1.38. The molecule has 0 amide bonds. The molecule has 5 unspecified atom stereocenters.